The second-order valence-corrected chi connectivity index (χ2v) is 7.66. The van der Waals surface area contributed by atoms with Crippen LogP contribution in [0.5, 0.6) is 0 Å². The summed E-state index contributed by atoms with van der Waals surface area (Å²) >= 11 is 0. The molecule has 3 amide bonds. The molecule has 5 rings (SSSR count). The largest absolute Gasteiger partial charge is 0.445 e. The van der Waals surface area contributed by atoms with Crippen molar-refractivity contribution >= 4 is 17.9 Å². The molecule has 1 heterocycles. The molecule has 154 valence electrons. The van der Waals surface area contributed by atoms with Crippen LogP contribution in [0.25, 0.3) is 0 Å². The van der Waals surface area contributed by atoms with E-state index >= 15 is 0 Å². The van der Waals surface area contributed by atoms with Crippen molar-refractivity contribution in [2.45, 2.75) is 25.1 Å². The van der Waals surface area contributed by atoms with Crippen LogP contribution in [0.4, 0.5) is 4.79 Å². The maximum Gasteiger partial charge on any atom is 0.407 e. The Morgan fingerprint density at radius 1 is 0.839 bits per heavy atom. The molecule has 1 aliphatic carbocycles. The van der Waals surface area contributed by atoms with Crippen LogP contribution in [0.3, 0.4) is 0 Å². The van der Waals surface area contributed by atoms with Crippen LogP contribution in [0.1, 0.15) is 55.9 Å². The molecular weight excluding hydrogens is 392 g/mol. The van der Waals surface area contributed by atoms with E-state index in [9.17, 15) is 14.4 Å². The van der Waals surface area contributed by atoms with Crippen LogP contribution >= 0.6 is 0 Å². The zero-order valence-corrected chi connectivity index (χ0v) is 16.7. The Balaban J connectivity index is 1.35. The minimum Gasteiger partial charge on any atom is -0.445 e. The van der Waals surface area contributed by atoms with E-state index in [4.69, 9.17) is 4.74 Å². The summed E-state index contributed by atoms with van der Waals surface area (Å²) in [6, 6.07) is 23.1. The molecular formula is C25H20N2O4. The number of carbonyl (C=O) groups excluding carboxylic acids is 3. The zero-order chi connectivity index (χ0) is 21.4. The van der Waals surface area contributed by atoms with Crippen LogP contribution in [0.2, 0.25) is 0 Å². The van der Waals surface area contributed by atoms with Gasteiger partial charge in [0.15, 0.2) is 0 Å². The zero-order valence-electron chi connectivity index (χ0n) is 16.7. The molecule has 2 aliphatic rings. The molecule has 0 radical (unpaired) electrons. The topological polar surface area (TPSA) is 75.7 Å². The smallest absolute Gasteiger partial charge is 0.407 e. The fourth-order valence-corrected chi connectivity index (χ4v) is 4.39. The fraction of sp³-hybridized carbons (Fsp3) is 0.160. The first-order valence-electron chi connectivity index (χ1n) is 10.2. The number of carbonyl (C=O) groups is 3. The lowest BCUT2D eigenvalue weighted by molar-refractivity contribution is 0.0577. The summed E-state index contributed by atoms with van der Waals surface area (Å²) in [6.07, 6.45) is -0.128. The molecule has 6 nitrogen and oxygen atoms in total. The quantitative estimate of drug-likeness (QED) is 0.645. The molecule has 1 N–H and O–H groups in total. The van der Waals surface area contributed by atoms with Crippen molar-refractivity contribution in [3.63, 3.8) is 0 Å². The highest BCUT2D eigenvalue weighted by Crippen LogP contribution is 2.44. The van der Waals surface area contributed by atoms with Crippen molar-refractivity contribution in [3.05, 3.63) is 107 Å². The van der Waals surface area contributed by atoms with E-state index in [1.807, 2.05) is 54.6 Å². The number of alkyl carbamates (subject to hydrolysis) is 1. The number of nitrogens with zero attached hydrogens (tertiary/aromatic N) is 1. The Kier molecular flexibility index (Phi) is 4.75. The van der Waals surface area contributed by atoms with Gasteiger partial charge in [-0.3, -0.25) is 14.5 Å². The first-order valence-corrected chi connectivity index (χ1v) is 10.2. The second kappa shape index (κ2) is 7.72. The summed E-state index contributed by atoms with van der Waals surface area (Å²) in [7, 11) is 0. The van der Waals surface area contributed by atoms with Crippen LogP contribution < -0.4 is 5.32 Å². The third-order valence-electron chi connectivity index (χ3n) is 5.83. The first kappa shape index (κ1) is 19.1. The molecule has 0 unspecified atom stereocenters. The number of imide groups is 1. The van der Waals surface area contributed by atoms with Gasteiger partial charge in [0.1, 0.15) is 6.61 Å². The minimum absolute atomic E-state index is 0.170. The van der Waals surface area contributed by atoms with Gasteiger partial charge in [-0.1, -0.05) is 66.7 Å². The Morgan fingerprint density at radius 3 is 2.10 bits per heavy atom. The summed E-state index contributed by atoms with van der Waals surface area (Å²) in [5.74, 6) is -0.597. The van der Waals surface area contributed by atoms with E-state index in [0.29, 0.717) is 17.5 Å². The van der Waals surface area contributed by atoms with Crippen LogP contribution in [-0.2, 0) is 11.3 Å². The van der Waals surface area contributed by atoms with Gasteiger partial charge in [-0.25, -0.2) is 4.79 Å². The van der Waals surface area contributed by atoms with Crippen LogP contribution in [0.15, 0.2) is 78.9 Å². The Morgan fingerprint density at radius 2 is 1.42 bits per heavy atom. The number of fused-ring (bicyclic) bond motifs is 2. The molecule has 0 fully saturated rings. The van der Waals surface area contributed by atoms with Crippen molar-refractivity contribution in [1.82, 2.24) is 10.2 Å². The average Bonchev–Trinajstić information content (AvgIpc) is 3.28. The lowest BCUT2D eigenvalue weighted by atomic mass is 10.1. The number of hydrogen-bond donors (Lipinski definition) is 1. The summed E-state index contributed by atoms with van der Waals surface area (Å²) in [5.41, 5.74) is 3.49. The van der Waals surface area contributed by atoms with E-state index in [1.54, 1.807) is 24.3 Å². The van der Waals surface area contributed by atoms with Gasteiger partial charge < -0.3 is 10.1 Å². The Labute approximate surface area is 179 Å². The predicted octanol–water partition coefficient (Wildman–Crippen LogP) is 4.40. The van der Waals surface area contributed by atoms with Gasteiger partial charge in [0.05, 0.1) is 23.2 Å². The van der Waals surface area contributed by atoms with Crippen molar-refractivity contribution in [2.75, 3.05) is 0 Å². The van der Waals surface area contributed by atoms with Gasteiger partial charge in [0.2, 0.25) is 0 Å². The normalized spacial score (nSPS) is 19.2. The van der Waals surface area contributed by atoms with E-state index in [1.165, 1.54) is 4.90 Å². The van der Waals surface area contributed by atoms with E-state index in [-0.39, 0.29) is 24.5 Å². The molecule has 31 heavy (non-hydrogen) atoms. The van der Waals surface area contributed by atoms with Crippen molar-refractivity contribution < 1.29 is 19.1 Å². The van der Waals surface area contributed by atoms with Crippen LogP contribution in [-0.4, -0.2) is 22.8 Å². The minimum atomic E-state index is -0.535. The van der Waals surface area contributed by atoms with Crippen LogP contribution in [0, 0.1) is 0 Å². The number of benzene rings is 3. The molecule has 0 bridgehead atoms. The lowest BCUT2D eigenvalue weighted by Gasteiger charge is -2.23. The van der Waals surface area contributed by atoms with Gasteiger partial charge in [0.25, 0.3) is 11.8 Å². The summed E-state index contributed by atoms with van der Waals surface area (Å²) in [5, 5.41) is 2.90. The third-order valence-corrected chi connectivity index (χ3v) is 5.83. The number of amides is 3. The van der Waals surface area contributed by atoms with Crippen molar-refractivity contribution in [3.8, 4) is 0 Å². The van der Waals surface area contributed by atoms with Gasteiger partial charge in [-0.05, 0) is 35.2 Å². The summed E-state index contributed by atoms with van der Waals surface area (Å²) < 4.78 is 5.36. The molecule has 3 aromatic rings. The molecule has 0 spiro atoms. The Hall–Kier alpha value is -3.93. The van der Waals surface area contributed by atoms with Gasteiger partial charge in [-0.15, -0.1) is 0 Å². The Bertz CT molecular complexity index is 1140. The van der Waals surface area contributed by atoms with E-state index < -0.39 is 12.1 Å². The standard InChI is InChI=1S/C25H20N2O4/c28-23-19-12-6-7-13-20(19)24(29)27(23)22-14-21(17-10-4-5-11-18(17)22)26-25(30)31-15-16-8-2-1-3-9-16/h1-13,21-22H,14-15H2,(H,26,30)/t21-,22+/m0/s1. The maximum absolute atomic E-state index is 13.0. The predicted molar refractivity (Wildman–Crippen MR) is 113 cm³/mol. The highest BCUT2D eigenvalue weighted by atomic mass is 16.5. The molecule has 1 aliphatic heterocycles. The summed E-state index contributed by atoms with van der Waals surface area (Å²) in [6.45, 7) is 0.170. The number of hydrogen-bond acceptors (Lipinski definition) is 4. The van der Waals surface area contributed by atoms with E-state index in [0.717, 1.165) is 16.7 Å². The van der Waals surface area contributed by atoms with E-state index in [2.05, 4.69) is 5.32 Å². The number of rotatable bonds is 4. The number of nitrogens with one attached hydrogen (secondary N) is 1. The molecule has 2 atom stereocenters. The molecule has 3 aromatic carbocycles. The fourth-order valence-electron chi connectivity index (χ4n) is 4.39. The highest BCUT2D eigenvalue weighted by Gasteiger charge is 2.45. The maximum atomic E-state index is 13.0. The molecule has 0 saturated carbocycles. The monoisotopic (exact) mass is 412 g/mol. The molecule has 6 heteroatoms. The lowest BCUT2D eigenvalue weighted by Crippen LogP contribution is -2.34. The second-order valence-electron chi connectivity index (χ2n) is 7.66. The average molecular weight is 412 g/mol. The van der Waals surface area contributed by atoms with Crippen molar-refractivity contribution in [1.29, 1.82) is 0 Å². The molecule has 0 saturated heterocycles. The van der Waals surface area contributed by atoms with Gasteiger partial charge in [0, 0.05) is 0 Å². The highest BCUT2D eigenvalue weighted by molar-refractivity contribution is 6.21. The van der Waals surface area contributed by atoms with Gasteiger partial charge >= 0.3 is 6.09 Å². The third kappa shape index (κ3) is 3.36. The van der Waals surface area contributed by atoms with Gasteiger partial charge in [-0.2, -0.15) is 0 Å². The first-order chi connectivity index (χ1) is 15.1. The number of ether oxygens (including phenoxy) is 1. The molecule has 0 aromatic heterocycles. The SMILES string of the molecule is O=C(N[C@H]1C[C@@H](N2C(=O)c3ccccc3C2=O)c2ccccc21)OCc1ccccc1. The van der Waals surface area contributed by atoms with Crippen molar-refractivity contribution in [2.24, 2.45) is 0 Å². The summed E-state index contributed by atoms with van der Waals surface area (Å²) in [4.78, 5) is 39.7.